The molecule has 1 unspecified atom stereocenters. The van der Waals surface area contributed by atoms with Gasteiger partial charge in [0.15, 0.2) is 0 Å². The van der Waals surface area contributed by atoms with Gasteiger partial charge in [0.25, 0.3) is 0 Å². The molecular formula is C14H20ClNO4. The Morgan fingerprint density at radius 2 is 2.10 bits per heavy atom. The van der Waals surface area contributed by atoms with Gasteiger partial charge in [-0.25, -0.2) is 4.79 Å². The number of carbonyl (C=O) groups is 1. The number of benzene rings is 1. The molecule has 112 valence electrons. The summed E-state index contributed by atoms with van der Waals surface area (Å²) >= 11 is 5.66. The zero-order valence-corrected chi connectivity index (χ0v) is 12.8. The first-order chi connectivity index (χ1) is 9.26. The molecule has 0 saturated heterocycles. The first kappa shape index (κ1) is 16.6. The molecule has 0 bridgehead atoms. The highest BCUT2D eigenvalue weighted by Gasteiger charge is 2.19. The number of hydrogen-bond donors (Lipinski definition) is 2. The lowest BCUT2D eigenvalue weighted by Crippen LogP contribution is -2.27. The van der Waals surface area contributed by atoms with Crippen LogP contribution in [0.4, 0.5) is 10.5 Å². The number of methoxy groups -OCH3 is 1. The minimum absolute atomic E-state index is 0.0101. The van der Waals surface area contributed by atoms with E-state index in [1.807, 2.05) is 0 Å². The van der Waals surface area contributed by atoms with Gasteiger partial charge in [0.1, 0.15) is 11.4 Å². The van der Waals surface area contributed by atoms with E-state index in [1.165, 1.54) is 7.11 Å². The molecule has 0 radical (unpaired) electrons. The third-order valence-electron chi connectivity index (χ3n) is 2.40. The van der Waals surface area contributed by atoms with E-state index < -0.39 is 17.8 Å². The van der Waals surface area contributed by atoms with Gasteiger partial charge in [-0.15, -0.1) is 11.6 Å². The number of amides is 1. The van der Waals surface area contributed by atoms with Crippen LogP contribution in [0.3, 0.4) is 0 Å². The highest BCUT2D eigenvalue weighted by Crippen LogP contribution is 2.28. The number of aliphatic hydroxyl groups is 1. The fourth-order valence-electron chi connectivity index (χ4n) is 1.55. The van der Waals surface area contributed by atoms with Gasteiger partial charge in [0.2, 0.25) is 0 Å². The lowest BCUT2D eigenvalue weighted by molar-refractivity contribution is 0.0635. The van der Waals surface area contributed by atoms with E-state index in [0.717, 1.165) is 0 Å². The molecule has 1 atom stereocenters. The average molecular weight is 302 g/mol. The van der Waals surface area contributed by atoms with Crippen LogP contribution in [0.5, 0.6) is 5.75 Å². The number of nitrogens with one attached hydrogen (secondary N) is 1. The Balaban J connectivity index is 2.96. The summed E-state index contributed by atoms with van der Waals surface area (Å²) in [4.78, 5) is 11.8. The highest BCUT2D eigenvalue weighted by molar-refractivity contribution is 6.18. The summed E-state index contributed by atoms with van der Waals surface area (Å²) in [7, 11) is 1.52. The van der Waals surface area contributed by atoms with E-state index in [9.17, 15) is 9.90 Å². The molecule has 0 aromatic heterocycles. The SMILES string of the molecule is COc1ccc(NC(=O)OC(C)(C)C)c(C(O)CCl)c1. The Bertz CT molecular complexity index is 471. The predicted molar refractivity (Wildman–Crippen MR) is 78.5 cm³/mol. The number of aliphatic hydroxyl groups excluding tert-OH is 1. The van der Waals surface area contributed by atoms with Gasteiger partial charge in [-0.1, -0.05) is 0 Å². The molecular weight excluding hydrogens is 282 g/mol. The standard InChI is InChI=1S/C14H20ClNO4/c1-14(2,3)20-13(18)16-11-6-5-9(19-4)7-10(11)12(17)8-15/h5-7,12,17H,8H2,1-4H3,(H,16,18). The Morgan fingerprint density at radius 1 is 1.45 bits per heavy atom. The number of anilines is 1. The van der Waals surface area contributed by atoms with Crippen LogP contribution in [0.1, 0.15) is 32.4 Å². The molecule has 0 saturated carbocycles. The van der Waals surface area contributed by atoms with Gasteiger partial charge in [-0.2, -0.15) is 0 Å². The van der Waals surface area contributed by atoms with Crippen LogP contribution in [0.25, 0.3) is 0 Å². The molecule has 2 N–H and O–H groups in total. The second-order valence-electron chi connectivity index (χ2n) is 5.25. The molecule has 5 nitrogen and oxygen atoms in total. The Hall–Kier alpha value is -1.46. The van der Waals surface area contributed by atoms with Crippen molar-refractivity contribution in [3.05, 3.63) is 23.8 Å². The summed E-state index contributed by atoms with van der Waals surface area (Å²) in [5, 5.41) is 12.5. The van der Waals surface area contributed by atoms with E-state index in [4.69, 9.17) is 21.1 Å². The molecule has 0 aliphatic carbocycles. The summed E-state index contributed by atoms with van der Waals surface area (Å²) in [6, 6.07) is 4.94. The zero-order valence-electron chi connectivity index (χ0n) is 12.1. The first-order valence-electron chi connectivity index (χ1n) is 6.19. The number of alkyl halides is 1. The summed E-state index contributed by atoms with van der Waals surface area (Å²) in [5.41, 5.74) is 0.320. The second-order valence-corrected chi connectivity index (χ2v) is 5.56. The van der Waals surface area contributed by atoms with Crippen LogP contribution in [-0.4, -0.2) is 29.8 Å². The molecule has 0 spiro atoms. The monoisotopic (exact) mass is 301 g/mol. The molecule has 1 aromatic carbocycles. The lowest BCUT2D eigenvalue weighted by Gasteiger charge is -2.21. The third kappa shape index (κ3) is 4.90. The van der Waals surface area contributed by atoms with Gasteiger partial charge in [0, 0.05) is 5.56 Å². The highest BCUT2D eigenvalue weighted by atomic mass is 35.5. The van der Waals surface area contributed by atoms with Crippen molar-refractivity contribution >= 4 is 23.4 Å². The van der Waals surface area contributed by atoms with Crippen molar-refractivity contribution in [1.29, 1.82) is 0 Å². The third-order valence-corrected chi connectivity index (χ3v) is 2.69. The van der Waals surface area contributed by atoms with E-state index >= 15 is 0 Å². The molecule has 20 heavy (non-hydrogen) atoms. The van der Waals surface area contributed by atoms with Gasteiger partial charge in [-0.3, -0.25) is 5.32 Å². The Kier molecular flexibility index (Phi) is 5.65. The molecule has 0 fully saturated rings. The first-order valence-corrected chi connectivity index (χ1v) is 6.72. The van der Waals surface area contributed by atoms with E-state index in [0.29, 0.717) is 17.0 Å². The summed E-state index contributed by atoms with van der Waals surface area (Å²) < 4.78 is 10.3. The van der Waals surface area contributed by atoms with Crippen LogP contribution in [0.15, 0.2) is 18.2 Å². The van der Waals surface area contributed by atoms with Crippen molar-refractivity contribution in [1.82, 2.24) is 0 Å². The largest absolute Gasteiger partial charge is 0.497 e. The Labute approximate surface area is 123 Å². The maximum absolute atomic E-state index is 11.8. The van der Waals surface area contributed by atoms with Crippen molar-refractivity contribution < 1.29 is 19.4 Å². The topological polar surface area (TPSA) is 67.8 Å². The van der Waals surface area contributed by atoms with E-state index in [1.54, 1.807) is 39.0 Å². The molecule has 0 aliphatic rings. The number of ether oxygens (including phenoxy) is 2. The zero-order chi connectivity index (χ0) is 15.3. The molecule has 0 heterocycles. The Morgan fingerprint density at radius 3 is 2.60 bits per heavy atom. The maximum Gasteiger partial charge on any atom is 0.412 e. The molecule has 1 amide bonds. The van der Waals surface area contributed by atoms with Crippen molar-refractivity contribution in [2.45, 2.75) is 32.5 Å². The lowest BCUT2D eigenvalue weighted by atomic mass is 10.1. The summed E-state index contributed by atoms with van der Waals surface area (Å²) in [6.07, 6.45) is -1.50. The van der Waals surface area contributed by atoms with E-state index in [2.05, 4.69) is 5.32 Å². The van der Waals surface area contributed by atoms with Crippen molar-refractivity contribution in [3.63, 3.8) is 0 Å². The van der Waals surface area contributed by atoms with Crippen LogP contribution in [0, 0.1) is 0 Å². The van der Waals surface area contributed by atoms with Crippen molar-refractivity contribution in [3.8, 4) is 5.75 Å². The minimum Gasteiger partial charge on any atom is -0.497 e. The van der Waals surface area contributed by atoms with Crippen molar-refractivity contribution in [2.24, 2.45) is 0 Å². The van der Waals surface area contributed by atoms with Crippen LogP contribution >= 0.6 is 11.6 Å². The predicted octanol–water partition coefficient (Wildman–Crippen LogP) is 3.31. The molecule has 0 aliphatic heterocycles. The smallest absolute Gasteiger partial charge is 0.412 e. The van der Waals surface area contributed by atoms with Crippen LogP contribution in [0.2, 0.25) is 0 Å². The number of rotatable bonds is 4. The summed E-state index contributed by atoms with van der Waals surface area (Å²) in [5.74, 6) is 0.579. The number of halogens is 1. The second kappa shape index (κ2) is 6.81. The van der Waals surface area contributed by atoms with Crippen molar-refractivity contribution in [2.75, 3.05) is 18.3 Å². The van der Waals surface area contributed by atoms with Crippen LogP contribution < -0.4 is 10.1 Å². The van der Waals surface area contributed by atoms with Crippen LogP contribution in [-0.2, 0) is 4.74 Å². The fourth-order valence-corrected chi connectivity index (χ4v) is 1.72. The van der Waals surface area contributed by atoms with E-state index in [-0.39, 0.29) is 5.88 Å². The molecule has 6 heteroatoms. The quantitative estimate of drug-likeness (QED) is 0.837. The summed E-state index contributed by atoms with van der Waals surface area (Å²) in [6.45, 7) is 5.32. The minimum atomic E-state index is -0.906. The number of hydrogen-bond acceptors (Lipinski definition) is 4. The van der Waals surface area contributed by atoms with Gasteiger partial charge < -0.3 is 14.6 Å². The maximum atomic E-state index is 11.8. The van der Waals surface area contributed by atoms with Gasteiger partial charge >= 0.3 is 6.09 Å². The normalized spacial score (nSPS) is 12.7. The van der Waals surface area contributed by atoms with Gasteiger partial charge in [-0.05, 0) is 39.0 Å². The fraction of sp³-hybridized carbons (Fsp3) is 0.500. The molecule has 1 aromatic rings. The molecule has 1 rings (SSSR count). The number of carbonyl (C=O) groups excluding carboxylic acids is 1. The van der Waals surface area contributed by atoms with Gasteiger partial charge in [0.05, 0.1) is 24.8 Å². The average Bonchev–Trinajstić information content (AvgIpc) is 2.36.